The Morgan fingerprint density at radius 2 is 1.34 bits per heavy atom. The molecular formula is C53H83N19O12S2. The number of rotatable bonds is 24. The number of carbonyl (C=O) groups excluding carboxylic acids is 9. The first-order valence-corrected chi connectivity index (χ1v) is 31.3. The number of amides is 9. The number of aliphatic imine (C=N–C) groups is 3. The number of hydrogen-bond donors (Lipinski definition) is 15. The van der Waals surface area contributed by atoms with Crippen LogP contribution in [0.1, 0.15) is 94.6 Å². The number of carboxylic acids is 1. The Kier molecular flexibility index (Phi) is 25.7. The molecule has 0 aromatic heterocycles. The van der Waals surface area contributed by atoms with Crippen LogP contribution in [0.3, 0.4) is 0 Å². The summed E-state index contributed by atoms with van der Waals surface area (Å²) < 4.78 is 0. The molecule has 4 heterocycles. The van der Waals surface area contributed by atoms with Gasteiger partial charge in [-0.05, 0) is 87.7 Å². The van der Waals surface area contributed by atoms with Crippen molar-refractivity contribution in [3.63, 3.8) is 0 Å². The molecule has 4 fully saturated rings. The molecule has 9 amide bonds. The second-order valence-corrected chi connectivity index (χ2v) is 24.4. The maximum Gasteiger partial charge on any atom is 0.326 e. The van der Waals surface area contributed by atoms with Crippen LogP contribution in [0.2, 0.25) is 0 Å². The quantitative estimate of drug-likeness (QED) is 0.0199. The Bertz CT molecular complexity index is 2710. The van der Waals surface area contributed by atoms with Gasteiger partial charge in [0.05, 0.1) is 19.2 Å². The molecule has 11 atom stereocenters. The largest absolute Gasteiger partial charge is 0.480 e. The summed E-state index contributed by atoms with van der Waals surface area (Å²) in [6.45, 7) is -1.11. The maximum absolute atomic E-state index is 15.3. The van der Waals surface area contributed by atoms with E-state index in [2.05, 4.69) is 46.9 Å². The first kappa shape index (κ1) is 67.5. The number of carbonyl (C=O) groups is 10. The molecule has 4 aliphatic heterocycles. The Balaban J connectivity index is 1.20. The average Bonchev–Trinajstić information content (AvgIpc) is 2.07. The van der Waals surface area contributed by atoms with Crippen LogP contribution in [0, 0.1) is 5.92 Å². The van der Waals surface area contributed by atoms with Crippen molar-refractivity contribution in [2.45, 2.75) is 157 Å². The third kappa shape index (κ3) is 18.9. The summed E-state index contributed by atoms with van der Waals surface area (Å²) in [5, 5.41) is 36.8. The summed E-state index contributed by atoms with van der Waals surface area (Å²) in [6.07, 6.45) is 4.81. The summed E-state index contributed by atoms with van der Waals surface area (Å²) >= 11 is 0. The van der Waals surface area contributed by atoms with E-state index in [0.717, 1.165) is 46.4 Å². The number of likely N-dealkylation sites (tertiary alicyclic amines) is 1. The fraction of sp³-hybridized carbons (Fsp3) is 0.642. The van der Waals surface area contributed by atoms with Crippen LogP contribution in [0.25, 0.3) is 0 Å². The van der Waals surface area contributed by atoms with Gasteiger partial charge in [-0.1, -0.05) is 58.7 Å². The van der Waals surface area contributed by atoms with Crippen LogP contribution >= 0.6 is 21.6 Å². The number of guanidine groups is 3. The van der Waals surface area contributed by atoms with Crippen molar-refractivity contribution in [1.29, 1.82) is 0 Å². The van der Waals surface area contributed by atoms with Gasteiger partial charge >= 0.3 is 5.97 Å². The van der Waals surface area contributed by atoms with Gasteiger partial charge in [-0.2, -0.15) is 0 Å². The Morgan fingerprint density at radius 1 is 0.721 bits per heavy atom. The van der Waals surface area contributed by atoms with Crippen molar-refractivity contribution in [2.75, 3.05) is 50.8 Å². The number of nitrogens with zero attached hydrogens (tertiary/aromatic N) is 6. The number of hydrogen-bond acceptors (Lipinski definition) is 17. The predicted octanol–water partition coefficient (Wildman–Crippen LogP) is -5.41. The van der Waals surface area contributed by atoms with Crippen molar-refractivity contribution >= 4 is 98.6 Å². The number of aliphatic carboxylic acids is 1. The summed E-state index contributed by atoms with van der Waals surface area (Å²) in [6, 6.07) is -4.64. The SMILES string of the molecule is NC(N)=NCCCC(N)C(=O)NC(CCCN=C(N)N)C(=O)NC1CSSCC(C(=O)NC(CO)C(=O)N2Cc3ccccc3CC2C(=O)N2C(C(=O)NC(CCCN=C(N)N)C(=O)O)CC3CCCCC32)NC(=O)CNC(=O)C2CCCN2C1=O. The number of nitrogens with one attached hydrogen (secondary N) is 6. The first-order chi connectivity index (χ1) is 41.1. The Hall–Kier alpha value is -7.65. The van der Waals surface area contributed by atoms with Crippen molar-refractivity contribution in [3.8, 4) is 0 Å². The molecule has 31 nitrogen and oxygen atoms in total. The third-order valence-electron chi connectivity index (χ3n) is 15.8. The third-order valence-corrected chi connectivity index (χ3v) is 18.2. The van der Waals surface area contributed by atoms with Gasteiger partial charge in [-0.25, -0.2) is 4.79 Å². The zero-order valence-electron chi connectivity index (χ0n) is 47.9. The van der Waals surface area contributed by atoms with Crippen LogP contribution < -0.4 is 72.0 Å². The van der Waals surface area contributed by atoms with Crippen LogP contribution in [0.4, 0.5) is 0 Å². The molecule has 5 aliphatic rings. The van der Waals surface area contributed by atoms with E-state index in [1.807, 2.05) is 6.07 Å². The second kappa shape index (κ2) is 32.7. The fourth-order valence-electron chi connectivity index (χ4n) is 11.4. The van der Waals surface area contributed by atoms with Crippen molar-refractivity contribution in [2.24, 2.45) is 61.0 Å². The predicted molar refractivity (Wildman–Crippen MR) is 320 cm³/mol. The van der Waals surface area contributed by atoms with Gasteiger partial charge < -0.3 is 96.9 Å². The van der Waals surface area contributed by atoms with Crippen molar-refractivity contribution in [1.82, 2.24) is 46.6 Å². The molecular weight excluding hydrogens is 1160 g/mol. The minimum Gasteiger partial charge on any atom is -0.480 e. The standard InChI is InChI=1S/C53H83N19O12S2/c54-31(12-5-17-61-51(55)56)42(75)66-32(13-6-18-62-52(57)58)43(76)69-36-27-86-85-26-35(65-41(74)23-64-45(78)38-16-8-20-70(38)48(36)81)44(77)68-34(25-73)47(80)71-24-30-11-2-1-9-28(30)21-40(71)49(82)72-37-15-4-3-10-29(37)22-39(72)46(79)67-33(50(83)84)14-7-19-63-53(59)60/h1-2,9,11,29,31-40,73H,3-8,10,12-27,54H2,(H,64,78)(H,65,74)(H,66,75)(H,67,79)(H,68,77)(H,69,76)(H,83,84)(H4,55,56,61)(H4,57,58,62)(H4,59,60,63). The van der Waals surface area contributed by atoms with Gasteiger partial charge in [-0.3, -0.25) is 58.1 Å². The van der Waals surface area contributed by atoms with E-state index >= 15 is 4.79 Å². The monoisotopic (exact) mass is 1240 g/mol. The molecule has 1 aromatic rings. The highest BCUT2D eigenvalue weighted by Crippen LogP contribution is 2.41. The lowest BCUT2D eigenvalue weighted by molar-refractivity contribution is -0.153. The number of nitrogens with two attached hydrogens (primary N) is 7. The van der Waals surface area contributed by atoms with Crippen molar-refractivity contribution in [3.05, 3.63) is 35.4 Å². The zero-order valence-corrected chi connectivity index (χ0v) is 49.6. The highest BCUT2D eigenvalue weighted by atomic mass is 33.1. The number of aliphatic hydroxyl groups is 1. The minimum atomic E-state index is -1.68. The van der Waals surface area contributed by atoms with Crippen LogP contribution in [-0.2, 0) is 60.9 Å². The topological polar surface area (TPSA) is 512 Å². The Labute approximate surface area is 505 Å². The molecule has 0 bridgehead atoms. The van der Waals surface area contributed by atoms with Gasteiger partial charge in [0.25, 0.3) is 0 Å². The molecule has 6 rings (SSSR count). The van der Waals surface area contributed by atoms with Crippen LogP contribution in [-0.4, -0.2) is 213 Å². The lowest BCUT2D eigenvalue weighted by atomic mass is 9.84. The molecule has 1 aliphatic carbocycles. The Morgan fingerprint density at radius 3 is 1.99 bits per heavy atom. The second-order valence-electron chi connectivity index (χ2n) is 21.9. The van der Waals surface area contributed by atoms with Crippen molar-refractivity contribution < 1.29 is 58.2 Å². The number of benzene rings is 1. The maximum atomic E-state index is 15.3. The molecule has 1 aromatic carbocycles. The molecule has 33 heteroatoms. The van der Waals surface area contributed by atoms with Gasteiger partial charge in [-0.15, -0.1) is 0 Å². The van der Waals surface area contributed by atoms with Gasteiger partial charge in [0.1, 0.15) is 48.3 Å². The van der Waals surface area contributed by atoms with Gasteiger partial charge in [0, 0.05) is 56.7 Å². The number of carboxylic acid groups (broad SMARTS) is 1. The zero-order chi connectivity index (χ0) is 62.6. The summed E-state index contributed by atoms with van der Waals surface area (Å²) in [5.74, 6) is -8.73. The van der Waals surface area contributed by atoms with Gasteiger partial charge in [0.2, 0.25) is 53.2 Å². The van der Waals surface area contributed by atoms with E-state index in [4.69, 9.17) is 40.1 Å². The average molecular weight is 1240 g/mol. The van der Waals surface area contributed by atoms with E-state index < -0.39 is 133 Å². The minimum absolute atomic E-state index is 0.00193. The molecule has 1 saturated carbocycles. The molecule has 11 unspecified atom stereocenters. The molecule has 474 valence electrons. The normalized spacial score (nSPS) is 23.8. The molecule has 22 N–H and O–H groups in total. The molecule has 0 radical (unpaired) electrons. The molecule has 3 saturated heterocycles. The smallest absolute Gasteiger partial charge is 0.326 e. The van der Waals surface area contributed by atoms with E-state index in [0.29, 0.717) is 24.8 Å². The number of aliphatic hydroxyl groups excluding tert-OH is 1. The molecule has 86 heavy (non-hydrogen) atoms. The lowest BCUT2D eigenvalue weighted by Gasteiger charge is -2.42. The lowest BCUT2D eigenvalue weighted by Crippen LogP contribution is -2.63. The van der Waals surface area contributed by atoms with E-state index in [-0.39, 0.29) is 119 Å². The summed E-state index contributed by atoms with van der Waals surface area (Å²) in [5.41, 5.74) is 40.3. The summed E-state index contributed by atoms with van der Waals surface area (Å²) in [4.78, 5) is 156. The van der Waals surface area contributed by atoms with Crippen LogP contribution in [0.5, 0.6) is 0 Å². The fourth-order valence-corrected chi connectivity index (χ4v) is 13.8. The number of fused-ring (bicyclic) bond motifs is 3. The van der Waals surface area contributed by atoms with Gasteiger partial charge in [0.15, 0.2) is 17.9 Å². The van der Waals surface area contributed by atoms with E-state index in [9.17, 15) is 53.4 Å². The van der Waals surface area contributed by atoms with E-state index in [1.54, 1.807) is 18.2 Å². The van der Waals surface area contributed by atoms with Crippen LogP contribution in [0.15, 0.2) is 39.2 Å². The highest BCUT2D eigenvalue weighted by Gasteiger charge is 2.51. The summed E-state index contributed by atoms with van der Waals surface area (Å²) in [7, 11) is 2.07. The first-order valence-electron chi connectivity index (χ1n) is 28.9. The highest BCUT2D eigenvalue weighted by molar-refractivity contribution is 8.76. The molecule has 0 spiro atoms. The van der Waals surface area contributed by atoms with E-state index in [1.165, 1.54) is 14.7 Å².